The molecule has 1 saturated carbocycles. The molecule has 4 aromatic rings. The third-order valence-electron chi connectivity index (χ3n) is 5.88. The van der Waals surface area contributed by atoms with Gasteiger partial charge in [0.2, 0.25) is 0 Å². The van der Waals surface area contributed by atoms with Crippen LogP contribution in [0.15, 0.2) is 79.0 Å². The Morgan fingerprint density at radius 2 is 1.79 bits per heavy atom. The van der Waals surface area contributed by atoms with Crippen LogP contribution < -0.4 is 0 Å². The summed E-state index contributed by atoms with van der Waals surface area (Å²) in [7, 11) is 1.99. The predicted molar refractivity (Wildman–Crippen MR) is 116 cm³/mol. The molecule has 0 aliphatic heterocycles. The third kappa shape index (κ3) is 2.95. The number of aromatic nitrogens is 2. The number of hydrogen-bond acceptors (Lipinski definition) is 1. The summed E-state index contributed by atoms with van der Waals surface area (Å²) in [6.45, 7) is 0. The average Bonchev–Trinajstić information content (AvgIpc) is 3.08. The van der Waals surface area contributed by atoms with E-state index in [1.165, 1.54) is 46.9 Å². The maximum Gasteiger partial charge on any atom is 0.0679 e. The Labute approximate surface area is 166 Å². The second kappa shape index (κ2) is 7.12. The van der Waals surface area contributed by atoms with E-state index in [1.54, 1.807) is 0 Å². The SMILES string of the molecule is Cn1ncc2cc(/C(=C(/c3ccccc3)C3CCC3)c3[c]cccc3)ccc21. The molecule has 3 aromatic carbocycles. The highest BCUT2D eigenvalue weighted by Gasteiger charge is 2.27. The Morgan fingerprint density at radius 3 is 2.50 bits per heavy atom. The van der Waals surface area contributed by atoms with Gasteiger partial charge in [0, 0.05) is 12.4 Å². The van der Waals surface area contributed by atoms with Gasteiger partial charge in [-0.1, -0.05) is 67.1 Å². The average molecular weight is 363 g/mol. The summed E-state index contributed by atoms with van der Waals surface area (Å²) in [5.41, 5.74) is 7.65. The monoisotopic (exact) mass is 363 g/mol. The Balaban J connectivity index is 1.80. The Morgan fingerprint density at radius 1 is 0.964 bits per heavy atom. The topological polar surface area (TPSA) is 17.8 Å². The van der Waals surface area contributed by atoms with Gasteiger partial charge in [0.1, 0.15) is 0 Å². The molecule has 0 spiro atoms. The van der Waals surface area contributed by atoms with Crippen molar-refractivity contribution in [1.29, 1.82) is 0 Å². The zero-order valence-electron chi connectivity index (χ0n) is 16.1. The third-order valence-corrected chi connectivity index (χ3v) is 5.88. The molecule has 1 radical (unpaired) electrons. The van der Waals surface area contributed by atoms with Crippen LogP contribution in [0.25, 0.3) is 22.0 Å². The van der Waals surface area contributed by atoms with Gasteiger partial charge in [0.15, 0.2) is 0 Å². The van der Waals surface area contributed by atoms with Gasteiger partial charge < -0.3 is 0 Å². The van der Waals surface area contributed by atoms with Crippen molar-refractivity contribution >= 4 is 22.0 Å². The van der Waals surface area contributed by atoms with Crippen molar-refractivity contribution in [3.8, 4) is 0 Å². The van der Waals surface area contributed by atoms with Crippen molar-refractivity contribution in [3.05, 3.63) is 102 Å². The van der Waals surface area contributed by atoms with Crippen LogP contribution in [-0.2, 0) is 7.05 Å². The lowest BCUT2D eigenvalue weighted by Gasteiger charge is -2.31. The van der Waals surface area contributed by atoms with Crippen LogP contribution in [0.4, 0.5) is 0 Å². The van der Waals surface area contributed by atoms with Gasteiger partial charge in [-0.15, -0.1) is 0 Å². The minimum atomic E-state index is 0.607. The van der Waals surface area contributed by atoms with E-state index in [4.69, 9.17) is 0 Å². The van der Waals surface area contributed by atoms with E-state index < -0.39 is 0 Å². The molecule has 0 N–H and O–H groups in total. The number of nitrogens with zero attached hydrogens (tertiary/aromatic N) is 2. The molecule has 137 valence electrons. The number of rotatable bonds is 4. The second-order valence-electron chi connectivity index (χ2n) is 7.60. The Kier molecular flexibility index (Phi) is 4.32. The van der Waals surface area contributed by atoms with E-state index in [-0.39, 0.29) is 0 Å². The van der Waals surface area contributed by atoms with Crippen LogP contribution in [0.1, 0.15) is 36.0 Å². The Hall–Kier alpha value is -3.13. The minimum Gasteiger partial charge on any atom is -0.268 e. The summed E-state index contributed by atoms with van der Waals surface area (Å²) in [5, 5.41) is 5.60. The second-order valence-corrected chi connectivity index (χ2v) is 7.60. The first-order chi connectivity index (χ1) is 13.8. The molecule has 28 heavy (non-hydrogen) atoms. The molecular formula is C26H23N2. The molecule has 0 atom stereocenters. The standard InChI is InChI=1S/C26H23N2/c1-28-24-16-15-22(17-23(24)18-27-28)26(20-11-6-3-7-12-20)25(21-13-8-14-21)19-9-4-2-5-10-19/h2-7,9-11,15-18,21H,8,13-14H2,1H3/b26-25-. The molecule has 0 saturated heterocycles. The van der Waals surface area contributed by atoms with Crippen LogP contribution in [0, 0.1) is 12.0 Å². The summed E-state index contributed by atoms with van der Waals surface area (Å²) < 4.78 is 1.93. The molecule has 0 unspecified atom stereocenters. The molecule has 0 amide bonds. The minimum absolute atomic E-state index is 0.607. The molecule has 5 rings (SSSR count). The predicted octanol–water partition coefficient (Wildman–Crippen LogP) is 6.13. The first-order valence-electron chi connectivity index (χ1n) is 10.00. The first kappa shape index (κ1) is 17.0. The quantitative estimate of drug-likeness (QED) is 0.399. The van der Waals surface area contributed by atoms with Gasteiger partial charge in [-0.2, -0.15) is 5.10 Å². The molecule has 1 aliphatic carbocycles. The maximum absolute atomic E-state index is 4.43. The smallest absolute Gasteiger partial charge is 0.0679 e. The lowest BCUT2D eigenvalue weighted by atomic mass is 9.73. The van der Waals surface area contributed by atoms with Crippen molar-refractivity contribution in [1.82, 2.24) is 9.78 Å². The van der Waals surface area contributed by atoms with E-state index in [1.807, 2.05) is 30.1 Å². The van der Waals surface area contributed by atoms with Crippen molar-refractivity contribution in [2.75, 3.05) is 0 Å². The highest BCUT2D eigenvalue weighted by Crippen LogP contribution is 2.45. The molecule has 1 aliphatic rings. The van der Waals surface area contributed by atoms with E-state index in [0.29, 0.717) is 5.92 Å². The van der Waals surface area contributed by atoms with E-state index in [0.717, 1.165) is 11.1 Å². The van der Waals surface area contributed by atoms with E-state index in [9.17, 15) is 0 Å². The number of fused-ring (bicyclic) bond motifs is 1. The van der Waals surface area contributed by atoms with Gasteiger partial charge >= 0.3 is 0 Å². The van der Waals surface area contributed by atoms with Gasteiger partial charge in [-0.25, -0.2) is 0 Å². The van der Waals surface area contributed by atoms with Gasteiger partial charge in [0.05, 0.1) is 11.7 Å². The van der Waals surface area contributed by atoms with Crippen molar-refractivity contribution in [2.24, 2.45) is 13.0 Å². The fraction of sp³-hybridized carbons (Fsp3) is 0.192. The lowest BCUT2D eigenvalue weighted by molar-refractivity contribution is 0.401. The van der Waals surface area contributed by atoms with Crippen LogP contribution >= 0.6 is 0 Å². The van der Waals surface area contributed by atoms with Crippen LogP contribution in [0.5, 0.6) is 0 Å². The van der Waals surface area contributed by atoms with Gasteiger partial charge in [-0.05, 0) is 64.8 Å². The summed E-state index contributed by atoms with van der Waals surface area (Å²) in [6.07, 6.45) is 5.79. The number of benzene rings is 3. The first-order valence-corrected chi connectivity index (χ1v) is 10.00. The van der Waals surface area contributed by atoms with Crippen molar-refractivity contribution in [3.63, 3.8) is 0 Å². The van der Waals surface area contributed by atoms with Gasteiger partial charge in [-0.3, -0.25) is 4.68 Å². The molecule has 2 heteroatoms. The zero-order valence-corrected chi connectivity index (χ0v) is 16.1. The van der Waals surface area contributed by atoms with Gasteiger partial charge in [0.25, 0.3) is 0 Å². The fourth-order valence-electron chi connectivity index (χ4n) is 4.22. The number of aryl methyl sites for hydroxylation is 1. The number of allylic oxidation sites excluding steroid dienone is 1. The lowest BCUT2D eigenvalue weighted by Crippen LogP contribution is -2.15. The van der Waals surface area contributed by atoms with Crippen molar-refractivity contribution < 1.29 is 0 Å². The molecular weight excluding hydrogens is 340 g/mol. The Bertz CT molecular complexity index is 1130. The fourth-order valence-corrected chi connectivity index (χ4v) is 4.22. The van der Waals surface area contributed by atoms with Crippen LogP contribution in [-0.4, -0.2) is 9.78 Å². The molecule has 0 bridgehead atoms. The summed E-state index contributed by atoms with van der Waals surface area (Å²) >= 11 is 0. The van der Waals surface area contributed by atoms with Crippen molar-refractivity contribution in [2.45, 2.75) is 19.3 Å². The highest BCUT2D eigenvalue weighted by molar-refractivity contribution is 6.01. The van der Waals surface area contributed by atoms with Crippen LogP contribution in [0.2, 0.25) is 0 Å². The largest absolute Gasteiger partial charge is 0.268 e. The van der Waals surface area contributed by atoms with Crippen LogP contribution in [0.3, 0.4) is 0 Å². The molecule has 1 aromatic heterocycles. The summed E-state index contributed by atoms with van der Waals surface area (Å²) in [6, 6.07) is 29.4. The molecule has 2 nitrogen and oxygen atoms in total. The summed E-state index contributed by atoms with van der Waals surface area (Å²) in [5.74, 6) is 0.607. The summed E-state index contributed by atoms with van der Waals surface area (Å²) in [4.78, 5) is 0. The van der Waals surface area contributed by atoms with E-state index >= 15 is 0 Å². The maximum atomic E-state index is 4.43. The molecule has 1 heterocycles. The zero-order chi connectivity index (χ0) is 18.9. The van der Waals surface area contributed by atoms with E-state index in [2.05, 4.69) is 71.8 Å². The highest BCUT2D eigenvalue weighted by atomic mass is 15.2. The molecule has 1 fully saturated rings. The normalized spacial score (nSPS) is 15.3. The number of hydrogen-bond donors (Lipinski definition) is 0.